The van der Waals surface area contributed by atoms with Crippen molar-refractivity contribution in [3.63, 3.8) is 0 Å². The molecule has 0 aromatic heterocycles. The molecule has 0 aliphatic carbocycles. The summed E-state index contributed by atoms with van der Waals surface area (Å²) >= 11 is 16.3. The van der Waals surface area contributed by atoms with Gasteiger partial charge in [0.2, 0.25) is 11.8 Å². The van der Waals surface area contributed by atoms with E-state index in [9.17, 15) is 18.0 Å². The number of carbonyl (C=O) groups is 2. The van der Waals surface area contributed by atoms with Crippen LogP contribution in [0.25, 0.3) is 0 Å². The number of nitrogens with zero attached hydrogens (tertiary/aromatic N) is 2. The molecular formula is C33H32BrCl2N3O4S. The van der Waals surface area contributed by atoms with Gasteiger partial charge in [0.05, 0.1) is 15.6 Å². The Bertz CT molecular complexity index is 1720. The molecule has 1 N–H and O–H groups in total. The van der Waals surface area contributed by atoms with Crippen molar-refractivity contribution in [2.75, 3.05) is 17.4 Å². The predicted octanol–water partition coefficient (Wildman–Crippen LogP) is 7.04. The molecule has 0 saturated heterocycles. The van der Waals surface area contributed by atoms with Gasteiger partial charge < -0.3 is 10.2 Å². The molecule has 0 bridgehead atoms. The minimum Gasteiger partial charge on any atom is -0.355 e. The number of benzene rings is 4. The second-order valence-corrected chi connectivity index (χ2v) is 13.8. The summed E-state index contributed by atoms with van der Waals surface area (Å²) in [4.78, 5) is 29.4. The molecule has 0 aliphatic heterocycles. The van der Waals surface area contributed by atoms with E-state index in [4.69, 9.17) is 23.2 Å². The van der Waals surface area contributed by atoms with Crippen molar-refractivity contribution in [1.29, 1.82) is 0 Å². The Balaban J connectivity index is 1.83. The number of likely N-dealkylation sites (N-methyl/N-ethyl adjacent to an activating group) is 1. The first-order valence-corrected chi connectivity index (χ1v) is 16.9. The van der Waals surface area contributed by atoms with Crippen LogP contribution >= 0.6 is 39.1 Å². The Morgan fingerprint density at radius 2 is 1.57 bits per heavy atom. The van der Waals surface area contributed by atoms with Gasteiger partial charge in [0.25, 0.3) is 10.0 Å². The third-order valence-electron chi connectivity index (χ3n) is 6.93. The first kappa shape index (κ1) is 33.5. The fraction of sp³-hybridized carbons (Fsp3) is 0.212. The first-order chi connectivity index (χ1) is 21.0. The van der Waals surface area contributed by atoms with Crippen molar-refractivity contribution in [3.8, 4) is 0 Å². The zero-order valence-electron chi connectivity index (χ0n) is 24.2. The van der Waals surface area contributed by atoms with Crippen LogP contribution in [0.1, 0.15) is 23.6 Å². The van der Waals surface area contributed by atoms with Crippen molar-refractivity contribution < 1.29 is 18.0 Å². The van der Waals surface area contributed by atoms with Crippen LogP contribution in [0.15, 0.2) is 106 Å². The molecule has 7 nitrogen and oxygen atoms in total. The number of nitrogens with one attached hydrogen (secondary N) is 1. The fourth-order valence-electron chi connectivity index (χ4n) is 4.71. The zero-order chi connectivity index (χ0) is 31.9. The third-order valence-corrected chi connectivity index (χ3v) is 9.75. The van der Waals surface area contributed by atoms with E-state index < -0.39 is 28.5 Å². The van der Waals surface area contributed by atoms with Gasteiger partial charge >= 0.3 is 0 Å². The molecule has 0 aliphatic rings. The van der Waals surface area contributed by atoms with Crippen LogP contribution in [0.5, 0.6) is 0 Å². The minimum atomic E-state index is -4.30. The summed E-state index contributed by atoms with van der Waals surface area (Å²) in [7, 11) is -4.30. The lowest BCUT2D eigenvalue weighted by molar-refractivity contribution is -0.140. The number of halogens is 3. The SMILES string of the molecule is CCNC(=O)C(Cc1ccccc1)N(Cc1cccc(Br)c1)C(=O)CN(c1cc(Cl)ccc1Cl)S(=O)(=O)c1ccc(C)cc1. The summed E-state index contributed by atoms with van der Waals surface area (Å²) in [5.74, 6) is -0.947. The van der Waals surface area contributed by atoms with Gasteiger partial charge in [-0.05, 0) is 67.4 Å². The highest BCUT2D eigenvalue weighted by atomic mass is 79.9. The number of aryl methyl sites for hydroxylation is 1. The molecule has 4 aromatic rings. The van der Waals surface area contributed by atoms with Crippen molar-refractivity contribution in [1.82, 2.24) is 10.2 Å². The summed E-state index contributed by atoms with van der Waals surface area (Å²) in [6, 6.07) is 26.6. The molecule has 4 rings (SSSR count). The number of anilines is 1. The van der Waals surface area contributed by atoms with E-state index in [-0.39, 0.29) is 39.5 Å². The molecule has 0 fully saturated rings. The smallest absolute Gasteiger partial charge is 0.264 e. The maximum atomic E-state index is 14.4. The molecule has 1 unspecified atom stereocenters. The largest absolute Gasteiger partial charge is 0.355 e. The van der Waals surface area contributed by atoms with Gasteiger partial charge in [-0.2, -0.15) is 0 Å². The van der Waals surface area contributed by atoms with Crippen LogP contribution in [-0.4, -0.2) is 44.3 Å². The Labute approximate surface area is 277 Å². The van der Waals surface area contributed by atoms with E-state index in [2.05, 4.69) is 21.2 Å². The lowest BCUT2D eigenvalue weighted by Crippen LogP contribution is -2.53. The summed E-state index contributed by atoms with van der Waals surface area (Å²) < 4.78 is 30.0. The van der Waals surface area contributed by atoms with E-state index in [0.717, 1.165) is 25.5 Å². The normalized spacial score (nSPS) is 11.9. The van der Waals surface area contributed by atoms with E-state index in [1.165, 1.54) is 35.2 Å². The average molecular weight is 718 g/mol. The molecule has 0 saturated carbocycles. The highest BCUT2D eigenvalue weighted by Crippen LogP contribution is 2.33. The molecular weight excluding hydrogens is 685 g/mol. The van der Waals surface area contributed by atoms with Crippen LogP contribution in [0.4, 0.5) is 5.69 Å². The number of hydrogen-bond acceptors (Lipinski definition) is 4. The Morgan fingerprint density at radius 3 is 2.23 bits per heavy atom. The van der Waals surface area contributed by atoms with Gasteiger partial charge in [-0.15, -0.1) is 0 Å². The molecule has 4 aromatic carbocycles. The molecule has 11 heteroatoms. The molecule has 0 heterocycles. The van der Waals surface area contributed by atoms with Crippen molar-refractivity contribution >= 4 is 66.7 Å². The molecule has 1 atom stereocenters. The first-order valence-electron chi connectivity index (χ1n) is 13.9. The van der Waals surface area contributed by atoms with E-state index in [0.29, 0.717) is 6.54 Å². The van der Waals surface area contributed by atoms with Crippen LogP contribution < -0.4 is 9.62 Å². The Morgan fingerprint density at radius 1 is 0.886 bits per heavy atom. The number of hydrogen-bond donors (Lipinski definition) is 1. The third kappa shape index (κ3) is 8.41. The molecule has 230 valence electrons. The average Bonchev–Trinajstić information content (AvgIpc) is 2.99. The summed E-state index contributed by atoms with van der Waals surface area (Å²) in [6.45, 7) is 3.42. The van der Waals surface area contributed by atoms with Crippen molar-refractivity contribution in [3.05, 3.63) is 128 Å². The maximum Gasteiger partial charge on any atom is 0.264 e. The molecule has 2 amide bonds. The van der Waals surface area contributed by atoms with Crippen LogP contribution in [-0.2, 0) is 32.6 Å². The summed E-state index contributed by atoms with van der Waals surface area (Å²) in [5, 5.41) is 3.19. The highest BCUT2D eigenvalue weighted by Gasteiger charge is 2.35. The molecule has 44 heavy (non-hydrogen) atoms. The van der Waals surface area contributed by atoms with Crippen LogP contribution in [0, 0.1) is 6.92 Å². The predicted molar refractivity (Wildman–Crippen MR) is 179 cm³/mol. The lowest BCUT2D eigenvalue weighted by Gasteiger charge is -2.34. The molecule has 0 spiro atoms. The van der Waals surface area contributed by atoms with Gasteiger partial charge in [0, 0.05) is 29.0 Å². The van der Waals surface area contributed by atoms with Crippen molar-refractivity contribution in [2.24, 2.45) is 0 Å². The van der Waals surface area contributed by atoms with Gasteiger partial charge in [-0.25, -0.2) is 8.42 Å². The second-order valence-electron chi connectivity index (χ2n) is 10.2. The van der Waals surface area contributed by atoms with E-state index >= 15 is 0 Å². The summed E-state index contributed by atoms with van der Waals surface area (Å²) in [5.41, 5.74) is 2.52. The van der Waals surface area contributed by atoms with Gasteiger partial charge in [0.15, 0.2) is 0 Å². The van der Waals surface area contributed by atoms with Crippen molar-refractivity contribution in [2.45, 2.75) is 37.8 Å². The van der Waals surface area contributed by atoms with Gasteiger partial charge in [-0.1, -0.05) is 99.3 Å². The fourth-order valence-corrected chi connectivity index (χ4v) is 7.01. The summed E-state index contributed by atoms with van der Waals surface area (Å²) in [6.07, 6.45) is 0.217. The van der Waals surface area contributed by atoms with E-state index in [1.54, 1.807) is 19.1 Å². The lowest BCUT2D eigenvalue weighted by atomic mass is 10.0. The highest BCUT2D eigenvalue weighted by molar-refractivity contribution is 9.10. The van der Waals surface area contributed by atoms with Crippen LogP contribution in [0.2, 0.25) is 10.0 Å². The quantitative estimate of drug-likeness (QED) is 0.171. The number of amides is 2. The van der Waals surface area contributed by atoms with Gasteiger partial charge in [-0.3, -0.25) is 13.9 Å². The standard InChI is InChI=1S/C33H32BrCl2N3O4S/c1-3-37-33(41)31(19-24-8-5-4-6-9-24)38(21-25-10-7-11-26(34)18-25)32(40)22-39(30-20-27(35)14-17-29(30)36)44(42,43)28-15-12-23(2)13-16-28/h4-18,20,31H,3,19,21-22H2,1-2H3,(H,37,41). The maximum absolute atomic E-state index is 14.4. The minimum absolute atomic E-state index is 0.0185. The van der Waals surface area contributed by atoms with E-state index in [1.807, 2.05) is 61.5 Å². The molecule has 0 radical (unpaired) electrons. The Hall–Kier alpha value is -3.37. The number of sulfonamides is 1. The second kappa shape index (κ2) is 15.1. The topological polar surface area (TPSA) is 86.8 Å². The zero-order valence-corrected chi connectivity index (χ0v) is 28.1. The number of rotatable bonds is 12. The van der Waals surface area contributed by atoms with Crippen LogP contribution in [0.3, 0.4) is 0 Å². The van der Waals surface area contributed by atoms with Gasteiger partial charge in [0.1, 0.15) is 12.6 Å². The monoisotopic (exact) mass is 715 g/mol. The Kier molecular flexibility index (Phi) is 11.5. The number of carbonyl (C=O) groups excluding carboxylic acids is 2.